The van der Waals surface area contributed by atoms with E-state index in [1.54, 1.807) is 6.26 Å². The molecular formula is C11H8Br2ClNO. The van der Waals surface area contributed by atoms with Crippen molar-refractivity contribution in [1.82, 2.24) is 0 Å². The van der Waals surface area contributed by atoms with Gasteiger partial charge in [-0.05, 0) is 45.8 Å². The van der Waals surface area contributed by atoms with Crippen molar-refractivity contribution in [2.45, 2.75) is 6.04 Å². The van der Waals surface area contributed by atoms with E-state index in [1.807, 2.05) is 24.3 Å². The standard InChI is InChI=1S/C11H8Br2ClNO/c12-7-3-6(4-8(14)5-7)10(15)11-9(13)1-2-16-11/h1-5,10H,15H2. The zero-order valence-corrected chi connectivity index (χ0v) is 12.0. The van der Waals surface area contributed by atoms with Gasteiger partial charge in [-0.3, -0.25) is 0 Å². The SMILES string of the molecule is NC(c1cc(Cl)cc(Br)c1)c1occc1Br. The monoisotopic (exact) mass is 363 g/mol. The first-order valence-electron chi connectivity index (χ1n) is 4.52. The molecule has 2 aromatic rings. The minimum absolute atomic E-state index is 0.334. The lowest BCUT2D eigenvalue weighted by Crippen LogP contribution is -2.11. The lowest BCUT2D eigenvalue weighted by Gasteiger charge is -2.11. The van der Waals surface area contributed by atoms with Gasteiger partial charge in [0.2, 0.25) is 0 Å². The second kappa shape index (κ2) is 4.92. The molecule has 0 aliphatic carbocycles. The minimum atomic E-state index is -0.334. The second-order valence-electron chi connectivity index (χ2n) is 3.31. The highest BCUT2D eigenvalue weighted by Gasteiger charge is 2.16. The van der Waals surface area contributed by atoms with Gasteiger partial charge in [0.25, 0.3) is 0 Å². The molecule has 0 fully saturated rings. The Morgan fingerprint density at radius 3 is 2.56 bits per heavy atom. The number of benzene rings is 1. The Morgan fingerprint density at radius 2 is 2.00 bits per heavy atom. The highest BCUT2D eigenvalue weighted by molar-refractivity contribution is 9.10. The third kappa shape index (κ3) is 2.51. The molecule has 0 amide bonds. The molecular weight excluding hydrogens is 357 g/mol. The normalized spacial score (nSPS) is 12.8. The van der Waals surface area contributed by atoms with Gasteiger partial charge in [-0.25, -0.2) is 0 Å². The van der Waals surface area contributed by atoms with Gasteiger partial charge in [0.05, 0.1) is 16.8 Å². The summed E-state index contributed by atoms with van der Waals surface area (Å²) in [5.74, 6) is 0.689. The van der Waals surface area contributed by atoms with Crippen LogP contribution in [0.5, 0.6) is 0 Å². The molecule has 0 saturated heterocycles. The molecule has 0 bridgehead atoms. The summed E-state index contributed by atoms with van der Waals surface area (Å²) in [6.45, 7) is 0. The molecule has 5 heteroatoms. The zero-order chi connectivity index (χ0) is 11.7. The van der Waals surface area contributed by atoms with Crippen LogP contribution >= 0.6 is 43.5 Å². The fourth-order valence-electron chi connectivity index (χ4n) is 1.43. The smallest absolute Gasteiger partial charge is 0.139 e. The largest absolute Gasteiger partial charge is 0.466 e. The third-order valence-corrected chi connectivity index (χ3v) is 3.50. The number of hydrogen-bond donors (Lipinski definition) is 1. The first kappa shape index (κ1) is 12.2. The van der Waals surface area contributed by atoms with E-state index in [0.29, 0.717) is 10.8 Å². The fraction of sp³-hybridized carbons (Fsp3) is 0.0909. The van der Waals surface area contributed by atoms with Crippen LogP contribution in [0.2, 0.25) is 5.02 Å². The van der Waals surface area contributed by atoms with E-state index in [1.165, 1.54) is 0 Å². The lowest BCUT2D eigenvalue weighted by atomic mass is 10.1. The molecule has 2 rings (SSSR count). The average Bonchev–Trinajstić information content (AvgIpc) is 2.62. The number of halogens is 3. The van der Waals surface area contributed by atoms with Crippen molar-refractivity contribution in [3.8, 4) is 0 Å². The van der Waals surface area contributed by atoms with Crippen molar-refractivity contribution in [2.24, 2.45) is 5.73 Å². The van der Waals surface area contributed by atoms with Crippen molar-refractivity contribution in [1.29, 1.82) is 0 Å². The van der Waals surface area contributed by atoms with Gasteiger partial charge in [-0.2, -0.15) is 0 Å². The van der Waals surface area contributed by atoms with E-state index < -0.39 is 0 Å². The summed E-state index contributed by atoms with van der Waals surface area (Å²) in [5.41, 5.74) is 6.99. The van der Waals surface area contributed by atoms with Crippen LogP contribution in [0, 0.1) is 0 Å². The van der Waals surface area contributed by atoms with Crippen LogP contribution in [0.3, 0.4) is 0 Å². The van der Waals surface area contributed by atoms with Gasteiger partial charge in [0.1, 0.15) is 5.76 Å². The Bertz CT molecular complexity index is 492. The van der Waals surface area contributed by atoms with Crippen molar-refractivity contribution >= 4 is 43.5 Å². The van der Waals surface area contributed by atoms with Crippen molar-refractivity contribution in [3.63, 3.8) is 0 Å². The molecule has 1 atom stereocenters. The van der Waals surface area contributed by atoms with Crippen LogP contribution in [-0.2, 0) is 0 Å². The molecule has 1 heterocycles. The summed E-state index contributed by atoms with van der Waals surface area (Å²) in [6, 6.07) is 7.04. The lowest BCUT2D eigenvalue weighted by molar-refractivity contribution is 0.487. The number of nitrogens with two attached hydrogens (primary N) is 1. The van der Waals surface area contributed by atoms with E-state index in [0.717, 1.165) is 14.5 Å². The third-order valence-electron chi connectivity index (χ3n) is 2.17. The molecule has 0 saturated carbocycles. The molecule has 1 aromatic heterocycles. The summed E-state index contributed by atoms with van der Waals surface area (Å²) >= 11 is 12.7. The van der Waals surface area contributed by atoms with Gasteiger partial charge in [-0.15, -0.1) is 0 Å². The Labute approximate surface area is 115 Å². The molecule has 2 nitrogen and oxygen atoms in total. The maximum absolute atomic E-state index is 6.10. The number of rotatable bonds is 2. The van der Waals surface area contributed by atoms with Gasteiger partial charge in [0.15, 0.2) is 0 Å². The summed E-state index contributed by atoms with van der Waals surface area (Å²) in [4.78, 5) is 0. The van der Waals surface area contributed by atoms with Crippen molar-refractivity contribution < 1.29 is 4.42 Å². The van der Waals surface area contributed by atoms with E-state index >= 15 is 0 Å². The first-order chi connectivity index (χ1) is 7.58. The maximum atomic E-state index is 6.10. The van der Waals surface area contributed by atoms with E-state index in [2.05, 4.69) is 31.9 Å². The molecule has 16 heavy (non-hydrogen) atoms. The Hall–Kier alpha value is -0.290. The summed E-state index contributed by atoms with van der Waals surface area (Å²) in [6.07, 6.45) is 1.60. The highest BCUT2D eigenvalue weighted by Crippen LogP contribution is 2.30. The highest BCUT2D eigenvalue weighted by atomic mass is 79.9. The van der Waals surface area contributed by atoms with Gasteiger partial charge >= 0.3 is 0 Å². The molecule has 0 spiro atoms. The molecule has 2 N–H and O–H groups in total. The van der Waals surface area contributed by atoms with Crippen molar-refractivity contribution in [2.75, 3.05) is 0 Å². The van der Waals surface area contributed by atoms with Crippen LogP contribution in [0.1, 0.15) is 17.4 Å². The van der Waals surface area contributed by atoms with Crippen LogP contribution in [0.25, 0.3) is 0 Å². The van der Waals surface area contributed by atoms with E-state index in [-0.39, 0.29) is 6.04 Å². The molecule has 1 unspecified atom stereocenters. The summed E-state index contributed by atoms with van der Waals surface area (Å²) < 4.78 is 7.08. The summed E-state index contributed by atoms with van der Waals surface area (Å²) in [7, 11) is 0. The predicted octanol–water partition coefficient (Wildman–Crippen LogP) is 4.51. The Balaban J connectivity index is 2.41. The maximum Gasteiger partial charge on any atom is 0.139 e. The molecule has 0 aliphatic rings. The van der Waals surface area contributed by atoms with Gasteiger partial charge in [0, 0.05) is 9.50 Å². The Morgan fingerprint density at radius 1 is 1.25 bits per heavy atom. The molecule has 0 radical (unpaired) electrons. The van der Waals surface area contributed by atoms with Gasteiger partial charge < -0.3 is 10.2 Å². The van der Waals surface area contributed by atoms with Crippen LogP contribution in [0.15, 0.2) is 43.9 Å². The number of hydrogen-bond acceptors (Lipinski definition) is 2. The van der Waals surface area contributed by atoms with E-state index in [9.17, 15) is 0 Å². The van der Waals surface area contributed by atoms with Crippen LogP contribution in [0.4, 0.5) is 0 Å². The molecule has 84 valence electrons. The van der Waals surface area contributed by atoms with E-state index in [4.69, 9.17) is 21.8 Å². The second-order valence-corrected chi connectivity index (χ2v) is 5.52. The summed E-state index contributed by atoms with van der Waals surface area (Å²) in [5, 5.41) is 0.641. The van der Waals surface area contributed by atoms with Crippen LogP contribution in [-0.4, -0.2) is 0 Å². The quantitative estimate of drug-likeness (QED) is 0.851. The number of furan rings is 1. The van der Waals surface area contributed by atoms with Crippen LogP contribution < -0.4 is 5.73 Å². The predicted molar refractivity (Wildman–Crippen MR) is 71.6 cm³/mol. The minimum Gasteiger partial charge on any atom is -0.466 e. The zero-order valence-electron chi connectivity index (χ0n) is 8.08. The fourth-order valence-corrected chi connectivity index (χ4v) is 2.77. The first-order valence-corrected chi connectivity index (χ1v) is 6.49. The molecule has 1 aromatic carbocycles. The average molecular weight is 365 g/mol. The van der Waals surface area contributed by atoms with Gasteiger partial charge in [-0.1, -0.05) is 27.5 Å². The molecule has 0 aliphatic heterocycles. The van der Waals surface area contributed by atoms with Crippen molar-refractivity contribution in [3.05, 3.63) is 55.8 Å². The topological polar surface area (TPSA) is 39.2 Å². The Kier molecular flexibility index (Phi) is 3.74.